The molecule has 0 saturated heterocycles. The van der Waals surface area contributed by atoms with Crippen LogP contribution in [0, 0.1) is 0 Å². The van der Waals surface area contributed by atoms with Crippen molar-refractivity contribution in [3.05, 3.63) is 53.6 Å². The van der Waals surface area contributed by atoms with Crippen LogP contribution in [0.5, 0.6) is 17.2 Å². The molecule has 0 heterocycles. The van der Waals surface area contributed by atoms with Gasteiger partial charge in [0.25, 0.3) is 0 Å². The van der Waals surface area contributed by atoms with E-state index < -0.39 is 0 Å². The fourth-order valence-electron chi connectivity index (χ4n) is 2.53. The number of ether oxygens (including phenoxy) is 3. The van der Waals surface area contributed by atoms with E-state index in [2.05, 4.69) is 37.4 Å². The zero-order valence-corrected chi connectivity index (χ0v) is 16.5. The fraction of sp³-hybridized carbons (Fsp3) is 0.455. The van der Waals surface area contributed by atoms with Gasteiger partial charge < -0.3 is 19.5 Å². The van der Waals surface area contributed by atoms with E-state index in [1.807, 2.05) is 38.1 Å². The molecule has 0 spiro atoms. The molecule has 0 fully saturated rings. The smallest absolute Gasteiger partial charge is 0.161 e. The van der Waals surface area contributed by atoms with Crippen molar-refractivity contribution in [1.29, 1.82) is 0 Å². The molecule has 4 heteroatoms. The largest absolute Gasteiger partial charge is 0.493 e. The zero-order valence-electron chi connectivity index (χ0n) is 16.5. The fourth-order valence-corrected chi connectivity index (χ4v) is 2.53. The van der Waals surface area contributed by atoms with Crippen LogP contribution in [0.1, 0.15) is 45.2 Å². The number of benzene rings is 2. The number of hydrogen-bond acceptors (Lipinski definition) is 4. The molecule has 2 aromatic carbocycles. The van der Waals surface area contributed by atoms with Crippen molar-refractivity contribution in [2.45, 2.75) is 59.4 Å². The summed E-state index contributed by atoms with van der Waals surface area (Å²) in [5.41, 5.74) is 2.39. The number of rotatable bonds is 10. The highest BCUT2D eigenvalue weighted by molar-refractivity contribution is 5.43. The number of methoxy groups -OCH3 is 1. The molecule has 1 atom stereocenters. The van der Waals surface area contributed by atoms with Gasteiger partial charge in [0, 0.05) is 13.1 Å². The minimum absolute atomic E-state index is 0.176. The summed E-state index contributed by atoms with van der Waals surface area (Å²) in [6.07, 6.45) is 1.34. The minimum Gasteiger partial charge on any atom is -0.493 e. The van der Waals surface area contributed by atoms with Crippen LogP contribution in [0.2, 0.25) is 0 Å². The van der Waals surface area contributed by atoms with Crippen molar-refractivity contribution in [3.63, 3.8) is 0 Å². The second-order valence-electron chi connectivity index (χ2n) is 6.74. The van der Waals surface area contributed by atoms with E-state index in [9.17, 15) is 0 Å². The predicted octanol–water partition coefficient (Wildman–Crippen LogP) is 4.95. The molecular formula is C22H31NO3. The summed E-state index contributed by atoms with van der Waals surface area (Å²) in [7, 11) is 1.68. The van der Waals surface area contributed by atoms with Gasteiger partial charge in [-0.05, 0) is 62.6 Å². The average molecular weight is 357 g/mol. The molecule has 142 valence electrons. The third-order valence-electron chi connectivity index (χ3n) is 4.08. The third-order valence-corrected chi connectivity index (χ3v) is 4.08. The highest BCUT2D eigenvalue weighted by atomic mass is 16.5. The van der Waals surface area contributed by atoms with Crippen LogP contribution in [0.4, 0.5) is 0 Å². The van der Waals surface area contributed by atoms with E-state index in [4.69, 9.17) is 14.2 Å². The number of hydrogen-bond donors (Lipinski definition) is 1. The number of nitrogens with one attached hydrogen (secondary N) is 1. The highest BCUT2D eigenvalue weighted by Gasteiger charge is 2.09. The summed E-state index contributed by atoms with van der Waals surface area (Å²) in [5, 5.41) is 3.46. The van der Waals surface area contributed by atoms with E-state index in [0.29, 0.717) is 0 Å². The third kappa shape index (κ3) is 6.26. The predicted molar refractivity (Wildman–Crippen MR) is 106 cm³/mol. The lowest BCUT2D eigenvalue weighted by Gasteiger charge is -2.16. The van der Waals surface area contributed by atoms with Gasteiger partial charge in [-0.25, -0.2) is 0 Å². The van der Waals surface area contributed by atoms with Crippen molar-refractivity contribution in [2.24, 2.45) is 0 Å². The molecule has 1 N–H and O–H groups in total. The first-order valence-electron chi connectivity index (χ1n) is 9.31. The van der Waals surface area contributed by atoms with Crippen LogP contribution in [0.15, 0.2) is 42.5 Å². The van der Waals surface area contributed by atoms with E-state index in [1.165, 1.54) is 5.56 Å². The maximum Gasteiger partial charge on any atom is 0.161 e. The Hall–Kier alpha value is -2.20. The van der Waals surface area contributed by atoms with E-state index >= 15 is 0 Å². The lowest BCUT2D eigenvalue weighted by molar-refractivity contribution is 0.207. The van der Waals surface area contributed by atoms with Crippen molar-refractivity contribution in [2.75, 3.05) is 7.11 Å². The van der Waals surface area contributed by atoms with Crippen LogP contribution < -0.4 is 19.5 Å². The van der Waals surface area contributed by atoms with Crippen molar-refractivity contribution in [1.82, 2.24) is 5.32 Å². The Balaban J connectivity index is 1.89. The normalized spacial score (nSPS) is 12.1. The van der Waals surface area contributed by atoms with Gasteiger partial charge in [-0.15, -0.1) is 0 Å². The maximum atomic E-state index is 5.90. The van der Waals surface area contributed by atoms with E-state index in [1.54, 1.807) is 7.11 Å². The molecule has 0 bridgehead atoms. The molecule has 0 radical (unpaired) electrons. The average Bonchev–Trinajstić information content (AvgIpc) is 2.63. The first kappa shape index (κ1) is 20.1. The Bertz CT molecular complexity index is 668. The van der Waals surface area contributed by atoms with E-state index in [0.717, 1.165) is 42.3 Å². The molecule has 0 aliphatic heterocycles. The zero-order chi connectivity index (χ0) is 18.9. The Labute approximate surface area is 157 Å². The quantitative estimate of drug-likeness (QED) is 0.653. The molecule has 4 nitrogen and oxygen atoms in total. The highest BCUT2D eigenvalue weighted by Crippen LogP contribution is 2.29. The van der Waals surface area contributed by atoms with E-state index in [-0.39, 0.29) is 12.2 Å². The van der Waals surface area contributed by atoms with Crippen molar-refractivity contribution in [3.8, 4) is 17.2 Å². The molecule has 26 heavy (non-hydrogen) atoms. The second kappa shape index (κ2) is 10.1. The summed E-state index contributed by atoms with van der Waals surface area (Å²) in [4.78, 5) is 0. The Morgan fingerprint density at radius 3 is 2.12 bits per heavy atom. The summed E-state index contributed by atoms with van der Waals surface area (Å²) in [5.74, 6) is 2.48. The lowest BCUT2D eigenvalue weighted by atomic mass is 10.1. The standard InChI is InChI=1S/C22H31NO3/c1-6-17(4)26-21-12-9-19(13-22(21)24-5)15-23-14-18-7-10-20(11-8-18)25-16(2)3/h7-13,16-17,23H,6,14-15H2,1-5H3. The van der Waals surface area contributed by atoms with Gasteiger partial charge in [0.1, 0.15) is 5.75 Å². The second-order valence-corrected chi connectivity index (χ2v) is 6.74. The molecule has 1 unspecified atom stereocenters. The Morgan fingerprint density at radius 2 is 1.50 bits per heavy atom. The molecule has 0 aliphatic carbocycles. The van der Waals surface area contributed by atoms with Crippen LogP contribution in [0.3, 0.4) is 0 Å². The van der Waals surface area contributed by atoms with Crippen LogP contribution in [-0.2, 0) is 13.1 Å². The first-order chi connectivity index (χ1) is 12.5. The summed E-state index contributed by atoms with van der Waals surface area (Å²) in [6, 6.07) is 14.3. The SMILES string of the molecule is CCC(C)Oc1ccc(CNCc2ccc(OC(C)C)cc2)cc1OC. The lowest BCUT2D eigenvalue weighted by Crippen LogP contribution is -2.13. The first-order valence-corrected chi connectivity index (χ1v) is 9.31. The summed E-state index contributed by atoms with van der Waals surface area (Å²) in [6.45, 7) is 9.80. The van der Waals surface area contributed by atoms with Crippen molar-refractivity contribution >= 4 is 0 Å². The molecule has 0 aliphatic rings. The minimum atomic E-state index is 0.176. The molecule has 2 rings (SSSR count). The van der Waals surface area contributed by atoms with Gasteiger partial charge in [-0.2, -0.15) is 0 Å². The molecule has 0 saturated carbocycles. The van der Waals surface area contributed by atoms with Gasteiger partial charge >= 0.3 is 0 Å². The van der Waals surface area contributed by atoms with Gasteiger partial charge in [-0.3, -0.25) is 0 Å². The molecule has 0 aromatic heterocycles. The molecule has 0 amide bonds. The summed E-state index contributed by atoms with van der Waals surface area (Å²) < 4.78 is 17.0. The molecular weight excluding hydrogens is 326 g/mol. The van der Waals surface area contributed by atoms with Crippen LogP contribution in [-0.4, -0.2) is 19.3 Å². The van der Waals surface area contributed by atoms with Crippen LogP contribution in [0.25, 0.3) is 0 Å². The summed E-state index contributed by atoms with van der Waals surface area (Å²) >= 11 is 0. The van der Waals surface area contributed by atoms with Crippen molar-refractivity contribution < 1.29 is 14.2 Å². The Kier molecular flexibility index (Phi) is 7.79. The van der Waals surface area contributed by atoms with Gasteiger partial charge in [0.05, 0.1) is 19.3 Å². The Morgan fingerprint density at radius 1 is 0.846 bits per heavy atom. The molecule has 2 aromatic rings. The topological polar surface area (TPSA) is 39.7 Å². The monoisotopic (exact) mass is 357 g/mol. The van der Waals surface area contributed by atoms with Gasteiger partial charge in [0.2, 0.25) is 0 Å². The maximum absolute atomic E-state index is 5.90. The van der Waals surface area contributed by atoms with Crippen LogP contribution >= 0.6 is 0 Å². The van der Waals surface area contributed by atoms with Gasteiger partial charge in [0.15, 0.2) is 11.5 Å². The van der Waals surface area contributed by atoms with Gasteiger partial charge in [-0.1, -0.05) is 25.1 Å².